The minimum Gasteiger partial charge on any atom is -0.502 e. The zero-order chi connectivity index (χ0) is 22.6. The average Bonchev–Trinajstić information content (AvgIpc) is 3.26. The number of carbonyl (C=O) groups excluding carboxylic acids is 1. The van der Waals surface area contributed by atoms with E-state index in [2.05, 4.69) is 5.10 Å². The molecule has 0 aliphatic carbocycles. The molecule has 1 saturated heterocycles. The Morgan fingerprint density at radius 3 is 2.50 bits per heavy atom. The molecule has 32 heavy (non-hydrogen) atoms. The fraction of sp³-hybridized carbons (Fsp3) is 0.261. The van der Waals surface area contributed by atoms with Crippen molar-refractivity contribution in [1.82, 2.24) is 14.7 Å². The number of aromatic nitrogens is 2. The smallest absolute Gasteiger partial charge is 0.276 e. The molecule has 6 nitrogen and oxygen atoms in total. The lowest BCUT2D eigenvalue weighted by Crippen LogP contribution is -2.51. The molecule has 1 amide bonds. The van der Waals surface area contributed by atoms with Gasteiger partial charge in [0.15, 0.2) is 11.4 Å². The molecular weight excluding hydrogens is 423 g/mol. The van der Waals surface area contributed by atoms with Crippen molar-refractivity contribution >= 4 is 5.91 Å². The molecule has 0 radical (unpaired) electrons. The minimum atomic E-state index is -0.877. The van der Waals surface area contributed by atoms with Crippen LogP contribution in [-0.2, 0) is 0 Å². The van der Waals surface area contributed by atoms with Gasteiger partial charge < -0.3 is 10.0 Å². The van der Waals surface area contributed by atoms with Crippen LogP contribution in [0.15, 0.2) is 53.5 Å². The van der Waals surface area contributed by atoms with Gasteiger partial charge in [-0.15, -0.1) is 0 Å². The Hall–Kier alpha value is -3.62. The van der Waals surface area contributed by atoms with E-state index in [0.717, 1.165) is 24.4 Å². The van der Waals surface area contributed by atoms with Gasteiger partial charge in [0, 0.05) is 18.0 Å². The number of aromatic hydroxyl groups is 1. The second-order valence-electron chi connectivity index (χ2n) is 8.04. The first kappa shape index (κ1) is 20.3. The standard InChI is InChI=1S/C23H18F3N3O3/c24-13-5-3-12(4-6-13)19(15-10-14(25)7-8-16(15)26)20-17-2-1-9-28(17)23(32)21-22(31)18(30)11-27-29(20)21/h3-8,10-11,17,19-20,31H,1-2,9H2/t17-,19?,20-/m1/s1. The molecule has 1 unspecified atom stereocenters. The molecule has 3 aromatic rings. The Kier molecular flexibility index (Phi) is 4.76. The topological polar surface area (TPSA) is 75.4 Å². The summed E-state index contributed by atoms with van der Waals surface area (Å²) in [6.07, 6.45) is 2.13. The van der Waals surface area contributed by atoms with E-state index >= 15 is 4.39 Å². The molecule has 3 heterocycles. The number of fused-ring (bicyclic) bond motifs is 2. The summed E-state index contributed by atoms with van der Waals surface area (Å²) in [5.41, 5.74) is -0.609. The predicted octanol–water partition coefficient (Wildman–Crippen LogP) is 3.36. The lowest BCUT2D eigenvalue weighted by Gasteiger charge is -2.42. The van der Waals surface area contributed by atoms with E-state index in [9.17, 15) is 23.5 Å². The largest absolute Gasteiger partial charge is 0.502 e. The lowest BCUT2D eigenvalue weighted by atomic mass is 9.79. The fourth-order valence-electron chi connectivity index (χ4n) is 4.93. The zero-order valence-corrected chi connectivity index (χ0v) is 16.7. The molecule has 0 spiro atoms. The van der Waals surface area contributed by atoms with Crippen LogP contribution in [0, 0.1) is 17.5 Å². The number of hydrogen-bond acceptors (Lipinski definition) is 4. The highest BCUT2D eigenvalue weighted by Gasteiger charge is 2.48. The molecule has 9 heteroatoms. The van der Waals surface area contributed by atoms with E-state index in [-0.39, 0.29) is 11.3 Å². The van der Waals surface area contributed by atoms with Gasteiger partial charge in [-0.2, -0.15) is 5.10 Å². The maximum absolute atomic E-state index is 15.0. The van der Waals surface area contributed by atoms with Crippen molar-refractivity contribution in [3.05, 3.63) is 93.2 Å². The van der Waals surface area contributed by atoms with E-state index in [0.29, 0.717) is 24.9 Å². The molecular formula is C23H18F3N3O3. The fourth-order valence-corrected chi connectivity index (χ4v) is 4.93. The number of hydrogen-bond donors (Lipinski definition) is 1. The third kappa shape index (κ3) is 3.07. The molecule has 1 fully saturated rings. The number of benzene rings is 2. The van der Waals surface area contributed by atoms with Gasteiger partial charge in [-0.05, 0) is 48.7 Å². The average molecular weight is 441 g/mol. The quantitative estimate of drug-likeness (QED) is 0.677. The first-order valence-electron chi connectivity index (χ1n) is 10.2. The minimum absolute atomic E-state index is 0.00810. The van der Waals surface area contributed by atoms with Crippen LogP contribution in [0.3, 0.4) is 0 Å². The van der Waals surface area contributed by atoms with Crippen LogP contribution in [0.5, 0.6) is 5.75 Å². The summed E-state index contributed by atoms with van der Waals surface area (Å²) in [7, 11) is 0. The van der Waals surface area contributed by atoms with E-state index < -0.39 is 52.5 Å². The highest BCUT2D eigenvalue weighted by Crippen LogP contribution is 2.46. The summed E-state index contributed by atoms with van der Waals surface area (Å²) in [5, 5.41) is 14.5. The number of rotatable bonds is 3. The van der Waals surface area contributed by atoms with Gasteiger partial charge in [0.25, 0.3) is 5.91 Å². The first-order valence-corrected chi connectivity index (χ1v) is 10.2. The Balaban J connectivity index is 1.81. The highest BCUT2D eigenvalue weighted by molar-refractivity contribution is 5.96. The van der Waals surface area contributed by atoms with Crippen LogP contribution in [0.4, 0.5) is 13.2 Å². The monoisotopic (exact) mass is 441 g/mol. The summed E-state index contributed by atoms with van der Waals surface area (Å²) in [5.74, 6) is -3.97. The van der Waals surface area contributed by atoms with Crippen molar-refractivity contribution in [2.75, 3.05) is 6.54 Å². The van der Waals surface area contributed by atoms with Gasteiger partial charge in [-0.3, -0.25) is 14.3 Å². The van der Waals surface area contributed by atoms with E-state index in [1.165, 1.54) is 33.8 Å². The maximum atomic E-state index is 15.0. The SMILES string of the molecule is O=C1c2c(O)c(=O)cnn2[C@@H](C(c2ccc(F)cc2)c2cc(F)ccc2F)[C@H]2CCCN12. The molecule has 2 aromatic carbocycles. The van der Waals surface area contributed by atoms with Gasteiger partial charge in [0.05, 0.1) is 18.3 Å². The van der Waals surface area contributed by atoms with Crippen molar-refractivity contribution in [3.8, 4) is 5.75 Å². The maximum Gasteiger partial charge on any atom is 0.276 e. The molecule has 1 aromatic heterocycles. The van der Waals surface area contributed by atoms with Crippen LogP contribution in [0.25, 0.3) is 0 Å². The molecule has 0 saturated carbocycles. The van der Waals surface area contributed by atoms with Crippen molar-refractivity contribution in [1.29, 1.82) is 0 Å². The summed E-state index contributed by atoms with van der Waals surface area (Å²) < 4.78 is 44.1. The summed E-state index contributed by atoms with van der Waals surface area (Å²) in [4.78, 5) is 26.6. The normalized spacial score (nSPS) is 20.7. The second kappa shape index (κ2) is 7.51. The molecule has 1 N–H and O–H groups in total. The van der Waals surface area contributed by atoms with Crippen molar-refractivity contribution in [2.45, 2.75) is 30.8 Å². The highest BCUT2D eigenvalue weighted by atomic mass is 19.1. The van der Waals surface area contributed by atoms with E-state index in [1.54, 1.807) is 0 Å². The molecule has 2 aliphatic rings. The molecule has 3 atom stereocenters. The van der Waals surface area contributed by atoms with Gasteiger partial charge in [0.2, 0.25) is 5.43 Å². The van der Waals surface area contributed by atoms with Gasteiger partial charge in [-0.25, -0.2) is 13.2 Å². The van der Waals surface area contributed by atoms with Crippen LogP contribution >= 0.6 is 0 Å². The lowest BCUT2D eigenvalue weighted by molar-refractivity contribution is 0.0564. The Bertz CT molecular complexity index is 1280. The van der Waals surface area contributed by atoms with Gasteiger partial charge >= 0.3 is 0 Å². The van der Waals surface area contributed by atoms with Crippen LogP contribution in [0.1, 0.15) is 46.4 Å². The summed E-state index contributed by atoms with van der Waals surface area (Å²) >= 11 is 0. The Morgan fingerprint density at radius 2 is 1.75 bits per heavy atom. The van der Waals surface area contributed by atoms with E-state index in [1.807, 2.05) is 0 Å². The Labute approximate surface area is 180 Å². The first-order chi connectivity index (χ1) is 15.4. The number of amides is 1. The molecule has 0 bridgehead atoms. The van der Waals surface area contributed by atoms with Crippen molar-refractivity contribution in [2.24, 2.45) is 0 Å². The summed E-state index contributed by atoms with van der Waals surface area (Å²) in [6, 6.07) is 7.26. The third-order valence-electron chi connectivity index (χ3n) is 6.29. The van der Waals surface area contributed by atoms with Crippen LogP contribution < -0.4 is 5.43 Å². The van der Waals surface area contributed by atoms with Crippen molar-refractivity contribution in [3.63, 3.8) is 0 Å². The van der Waals surface area contributed by atoms with Crippen LogP contribution in [0.2, 0.25) is 0 Å². The Morgan fingerprint density at radius 1 is 1.03 bits per heavy atom. The van der Waals surface area contributed by atoms with Gasteiger partial charge in [0.1, 0.15) is 17.5 Å². The number of halogens is 3. The van der Waals surface area contributed by atoms with E-state index in [4.69, 9.17) is 0 Å². The third-order valence-corrected chi connectivity index (χ3v) is 6.29. The van der Waals surface area contributed by atoms with Crippen LogP contribution in [-0.4, -0.2) is 38.3 Å². The molecule has 164 valence electrons. The van der Waals surface area contributed by atoms with Crippen molar-refractivity contribution < 1.29 is 23.1 Å². The number of nitrogens with zero attached hydrogens (tertiary/aromatic N) is 3. The zero-order valence-electron chi connectivity index (χ0n) is 16.7. The molecule has 2 aliphatic heterocycles. The summed E-state index contributed by atoms with van der Waals surface area (Å²) in [6.45, 7) is 0.393. The molecule has 5 rings (SSSR count). The second-order valence-corrected chi connectivity index (χ2v) is 8.04. The predicted molar refractivity (Wildman–Crippen MR) is 108 cm³/mol. The number of carbonyl (C=O) groups is 1. The van der Waals surface area contributed by atoms with Gasteiger partial charge in [-0.1, -0.05) is 12.1 Å².